The Morgan fingerprint density at radius 1 is 1.33 bits per heavy atom. The largest absolute Gasteiger partial charge is 0.332 e. The molecule has 1 aromatic rings. The Hall–Kier alpha value is -1.10. The molecule has 80 valence electrons. The smallest absolute Gasteiger partial charge is 0.281 e. The second-order valence-corrected chi connectivity index (χ2v) is 3.55. The van der Waals surface area contributed by atoms with E-state index in [1.165, 1.54) is 14.2 Å². The van der Waals surface area contributed by atoms with Gasteiger partial charge in [0.2, 0.25) is 0 Å². The van der Waals surface area contributed by atoms with Crippen molar-refractivity contribution in [1.82, 2.24) is 5.32 Å². The van der Waals surface area contributed by atoms with Crippen molar-refractivity contribution < 1.29 is 14.3 Å². The van der Waals surface area contributed by atoms with Gasteiger partial charge < -0.3 is 9.47 Å². The van der Waals surface area contributed by atoms with Crippen LogP contribution in [0.2, 0.25) is 5.02 Å². The Morgan fingerprint density at radius 3 is 2.60 bits per heavy atom. The third-order valence-corrected chi connectivity index (χ3v) is 2.76. The van der Waals surface area contributed by atoms with Gasteiger partial charge in [-0.3, -0.25) is 10.1 Å². The van der Waals surface area contributed by atoms with Crippen LogP contribution in [0.4, 0.5) is 0 Å². The van der Waals surface area contributed by atoms with E-state index in [9.17, 15) is 4.79 Å². The lowest BCUT2D eigenvalue weighted by atomic mass is 10.1. The van der Waals surface area contributed by atoms with Crippen molar-refractivity contribution in [3.63, 3.8) is 0 Å². The van der Waals surface area contributed by atoms with Crippen molar-refractivity contribution in [1.29, 1.82) is 0 Å². The maximum absolute atomic E-state index is 11.6. The molecule has 15 heavy (non-hydrogen) atoms. The van der Waals surface area contributed by atoms with Crippen LogP contribution in [0.15, 0.2) is 18.2 Å². The van der Waals surface area contributed by atoms with Crippen LogP contribution in [-0.4, -0.2) is 20.1 Å². The van der Waals surface area contributed by atoms with Crippen molar-refractivity contribution >= 4 is 17.5 Å². The second kappa shape index (κ2) is 3.48. The van der Waals surface area contributed by atoms with E-state index in [4.69, 9.17) is 21.1 Å². The number of nitrogens with one attached hydrogen (secondary N) is 1. The fourth-order valence-electron chi connectivity index (χ4n) is 1.72. The summed E-state index contributed by atoms with van der Waals surface area (Å²) in [7, 11) is 2.89. The van der Waals surface area contributed by atoms with Gasteiger partial charge in [-0.25, -0.2) is 0 Å². The molecule has 0 bridgehead atoms. The van der Waals surface area contributed by atoms with Crippen molar-refractivity contribution in [2.75, 3.05) is 14.2 Å². The fraction of sp³-hybridized carbons (Fsp3) is 0.300. The highest BCUT2D eigenvalue weighted by atomic mass is 35.5. The topological polar surface area (TPSA) is 47.6 Å². The van der Waals surface area contributed by atoms with Crippen LogP contribution in [0.1, 0.15) is 15.9 Å². The number of carbonyl (C=O) groups is 1. The van der Waals surface area contributed by atoms with Crippen LogP contribution in [-0.2, 0) is 15.4 Å². The first-order valence-corrected chi connectivity index (χ1v) is 4.74. The first-order chi connectivity index (χ1) is 7.14. The number of fused-ring (bicyclic) bond motifs is 1. The monoisotopic (exact) mass is 227 g/mol. The number of rotatable bonds is 2. The van der Waals surface area contributed by atoms with E-state index in [2.05, 4.69) is 5.32 Å². The molecule has 2 rings (SSSR count). The Bertz CT molecular complexity index is 415. The Labute approximate surface area is 92.1 Å². The molecule has 1 N–H and O–H groups in total. The van der Waals surface area contributed by atoms with Gasteiger partial charge in [0.1, 0.15) is 0 Å². The molecule has 1 aliphatic rings. The van der Waals surface area contributed by atoms with E-state index in [1.54, 1.807) is 18.2 Å². The molecule has 0 aromatic heterocycles. The maximum Gasteiger partial charge on any atom is 0.281 e. The summed E-state index contributed by atoms with van der Waals surface area (Å²) in [4.78, 5) is 11.6. The first kappa shape index (κ1) is 10.4. The molecule has 0 fully saturated rings. The summed E-state index contributed by atoms with van der Waals surface area (Å²) < 4.78 is 10.4. The molecular weight excluding hydrogens is 218 g/mol. The minimum atomic E-state index is -1.26. The van der Waals surface area contributed by atoms with Gasteiger partial charge in [0.25, 0.3) is 11.8 Å². The van der Waals surface area contributed by atoms with Gasteiger partial charge in [0.15, 0.2) is 0 Å². The summed E-state index contributed by atoms with van der Waals surface area (Å²) in [5.41, 5.74) is 1.01. The van der Waals surface area contributed by atoms with Crippen LogP contribution in [0, 0.1) is 0 Å². The predicted octanol–water partition coefficient (Wildman–Crippen LogP) is 1.49. The standard InChI is InChI=1S/C10H10ClNO3/c1-14-10(15-2)8-6(9(13)12-10)4-3-5-7(8)11/h3-5H,1-2H3,(H,12,13). The molecule has 0 saturated carbocycles. The van der Waals surface area contributed by atoms with Crippen LogP contribution >= 0.6 is 11.6 Å². The first-order valence-electron chi connectivity index (χ1n) is 4.36. The number of benzene rings is 1. The van der Waals surface area contributed by atoms with Gasteiger partial charge >= 0.3 is 0 Å². The average Bonchev–Trinajstić information content (AvgIpc) is 2.54. The maximum atomic E-state index is 11.6. The Kier molecular flexibility index (Phi) is 2.42. The van der Waals surface area contributed by atoms with E-state index in [0.717, 1.165) is 0 Å². The number of methoxy groups -OCH3 is 2. The van der Waals surface area contributed by atoms with E-state index >= 15 is 0 Å². The molecule has 4 nitrogen and oxygen atoms in total. The third kappa shape index (κ3) is 1.33. The summed E-state index contributed by atoms with van der Waals surface area (Å²) in [6.45, 7) is 0. The molecule has 0 atom stereocenters. The minimum absolute atomic E-state index is 0.254. The molecular formula is C10H10ClNO3. The number of hydrogen-bond acceptors (Lipinski definition) is 3. The average molecular weight is 228 g/mol. The zero-order valence-electron chi connectivity index (χ0n) is 8.33. The second-order valence-electron chi connectivity index (χ2n) is 3.14. The molecule has 5 heteroatoms. The Balaban J connectivity index is 2.67. The molecule has 0 spiro atoms. The van der Waals surface area contributed by atoms with Crippen LogP contribution in [0.25, 0.3) is 0 Å². The zero-order chi connectivity index (χ0) is 11.1. The summed E-state index contributed by atoms with van der Waals surface area (Å²) in [5.74, 6) is -1.51. The number of amides is 1. The van der Waals surface area contributed by atoms with Crippen molar-refractivity contribution in [3.05, 3.63) is 34.3 Å². The molecule has 0 unspecified atom stereocenters. The normalized spacial score (nSPS) is 17.4. The number of ether oxygens (including phenoxy) is 2. The molecule has 1 aromatic carbocycles. The van der Waals surface area contributed by atoms with Gasteiger partial charge in [0, 0.05) is 14.2 Å². The lowest BCUT2D eigenvalue weighted by Crippen LogP contribution is -2.42. The van der Waals surface area contributed by atoms with Crippen LogP contribution in [0.5, 0.6) is 0 Å². The van der Waals surface area contributed by atoms with Crippen LogP contribution < -0.4 is 5.32 Å². The molecule has 0 saturated heterocycles. The molecule has 0 radical (unpaired) electrons. The number of carbonyl (C=O) groups excluding carboxylic acids is 1. The van der Waals surface area contributed by atoms with E-state index in [0.29, 0.717) is 16.1 Å². The van der Waals surface area contributed by atoms with Crippen molar-refractivity contribution in [2.45, 2.75) is 5.91 Å². The van der Waals surface area contributed by atoms with Crippen molar-refractivity contribution in [3.8, 4) is 0 Å². The van der Waals surface area contributed by atoms with Crippen LogP contribution in [0.3, 0.4) is 0 Å². The van der Waals surface area contributed by atoms with Gasteiger partial charge in [-0.15, -0.1) is 0 Å². The van der Waals surface area contributed by atoms with E-state index in [1.807, 2.05) is 0 Å². The number of hydrogen-bond donors (Lipinski definition) is 1. The van der Waals surface area contributed by atoms with Gasteiger partial charge in [0.05, 0.1) is 16.1 Å². The summed E-state index contributed by atoms with van der Waals surface area (Å²) in [6, 6.07) is 5.08. The fourth-order valence-corrected chi connectivity index (χ4v) is 2.02. The molecule has 0 aliphatic carbocycles. The highest BCUT2D eigenvalue weighted by Gasteiger charge is 2.45. The highest BCUT2D eigenvalue weighted by Crippen LogP contribution is 2.37. The predicted molar refractivity (Wildman–Crippen MR) is 54.6 cm³/mol. The highest BCUT2D eigenvalue weighted by molar-refractivity contribution is 6.32. The lowest BCUT2D eigenvalue weighted by Gasteiger charge is -2.26. The minimum Gasteiger partial charge on any atom is -0.332 e. The quantitative estimate of drug-likeness (QED) is 0.779. The van der Waals surface area contributed by atoms with E-state index < -0.39 is 5.91 Å². The zero-order valence-corrected chi connectivity index (χ0v) is 9.09. The Morgan fingerprint density at radius 2 is 2.00 bits per heavy atom. The van der Waals surface area contributed by atoms with Gasteiger partial charge in [-0.2, -0.15) is 0 Å². The third-order valence-electron chi connectivity index (χ3n) is 2.44. The molecule has 1 heterocycles. The number of halogens is 1. The summed E-state index contributed by atoms with van der Waals surface area (Å²) in [6.07, 6.45) is 0. The molecule has 1 aliphatic heterocycles. The van der Waals surface area contributed by atoms with E-state index in [-0.39, 0.29) is 5.91 Å². The van der Waals surface area contributed by atoms with Gasteiger partial charge in [-0.1, -0.05) is 17.7 Å². The summed E-state index contributed by atoms with van der Waals surface area (Å²) in [5, 5.41) is 3.04. The SMILES string of the molecule is COC1(OC)NC(=O)c2cccc(Cl)c21. The lowest BCUT2D eigenvalue weighted by molar-refractivity contribution is -0.225. The summed E-state index contributed by atoms with van der Waals surface area (Å²) >= 11 is 6.02. The molecule has 1 amide bonds. The van der Waals surface area contributed by atoms with Gasteiger partial charge in [-0.05, 0) is 12.1 Å². The van der Waals surface area contributed by atoms with Crippen molar-refractivity contribution in [2.24, 2.45) is 0 Å².